The van der Waals surface area contributed by atoms with E-state index in [9.17, 15) is 10.1 Å². The number of halogens is 1. The maximum Gasteiger partial charge on any atom is 0.408 e. The Hall–Kier alpha value is -2.08. The van der Waals surface area contributed by atoms with Gasteiger partial charge in [-0.25, -0.2) is 0 Å². The highest BCUT2D eigenvalue weighted by molar-refractivity contribution is 6.32. The molecule has 0 bridgehead atoms. The fourth-order valence-electron chi connectivity index (χ4n) is 1.38. The van der Waals surface area contributed by atoms with Crippen LogP contribution in [0.3, 0.4) is 0 Å². The average molecular weight is 254 g/mol. The van der Waals surface area contributed by atoms with Gasteiger partial charge in [0.05, 0.1) is 17.8 Å². The molecule has 0 saturated carbocycles. The highest BCUT2D eigenvalue weighted by Gasteiger charge is 2.18. The van der Waals surface area contributed by atoms with E-state index in [-0.39, 0.29) is 16.6 Å². The Labute approximate surface area is 101 Å². The van der Waals surface area contributed by atoms with Crippen LogP contribution in [0.15, 0.2) is 30.5 Å². The van der Waals surface area contributed by atoms with E-state index in [1.54, 1.807) is 12.1 Å². The molecule has 0 atom stereocenters. The van der Waals surface area contributed by atoms with Crippen LogP contribution in [0, 0.1) is 10.1 Å². The maximum absolute atomic E-state index is 10.5. The lowest BCUT2D eigenvalue weighted by atomic mass is 10.2. The quantitative estimate of drug-likeness (QED) is 0.672. The van der Waals surface area contributed by atoms with Gasteiger partial charge in [-0.05, 0) is 22.6 Å². The van der Waals surface area contributed by atoms with Crippen molar-refractivity contribution in [2.45, 2.75) is 6.54 Å². The molecule has 1 N–H and O–H groups in total. The average Bonchev–Trinajstić information content (AvgIpc) is 2.63. The lowest BCUT2D eigenvalue weighted by molar-refractivity contribution is -0.389. The Bertz CT molecular complexity index is 550. The van der Waals surface area contributed by atoms with Crippen molar-refractivity contribution in [1.29, 1.82) is 0 Å². The molecule has 17 heavy (non-hydrogen) atoms. The normalized spacial score (nSPS) is 10.4. The molecule has 1 aromatic heterocycles. The van der Waals surface area contributed by atoms with Gasteiger partial charge in [-0.2, -0.15) is 4.68 Å². The Balaban J connectivity index is 2.22. The number of phenolic OH excluding ortho intramolecular Hbond substituents is 1. The van der Waals surface area contributed by atoms with Gasteiger partial charge in [0, 0.05) is 0 Å². The predicted octanol–water partition coefficient (Wildman–Crippen LogP) is 2.20. The van der Waals surface area contributed by atoms with Gasteiger partial charge in [-0.1, -0.05) is 23.7 Å². The zero-order valence-corrected chi connectivity index (χ0v) is 9.33. The van der Waals surface area contributed by atoms with Crippen LogP contribution in [0.1, 0.15) is 5.56 Å². The van der Waals surface area contributed by atoms with E-state index in [2.05, 4.69) is 5.10 Å². The Morgan fingerprint density at radius 3 is 2.59 bits per heavy atom. The minimum absolute atomic E-state index is 0.00813. The number of rotatable bonds is 3. The van der Waals surface area contributed by atoms with Crippen molar-refractivity contribution < 1.29 is 10.0 Å². The predicted molar refractivity (Wildman–Crippen MR) is 61.1 cm³/mol. The van der Waals surface area contributed by atoms with Crippen LogP contribution in [-0.4, -0.2) is 19.8 Å². The van der Waals surface area contributed by atoms with Crippen LogP contribution >= 0.6 is 11.6 Å². The second kappa shape index (κ2) is 4.42. The van der Waals surface area contributed by atoms with Crippen molar-refractivity contribution in [2.75, 3.05) is 0 Å². The molecule has 0 fully saturated rings. The molecule has 0 amide bonds. The minimum atomic E-state index is -0.629. The minimum Gasteiger partial charge on any atom is -0.508 e. The summed E-state index contributed by atoms with van der Waals surface area (Å²) >= 11 is 5.67. The monoisotopic (exact) mass is 253 g/mol. The summed E-state index contributed by atoms with van der Waals surface area (Å²) in [7, 11) is 0. The van der Waals surface area contributed by atoms with E-state index in [1.807, 2.05) is 0 Å². The molecule has 88 valence electrons. The first-order chi connectivity index (χ1) is 8.06. The summed E-state index contributed by atoms with van der Waals surface area (Å²) in [4.78, 5) is 9.92. The van der Waals surface area contributed by atoms with Crippen molar-refractivity contribution in [3.8, 4) is 5.75 Å². The molecular formula is C10H8ClN3O3. The van der Waals surface area contributed by atoms with Crippen LogP contribution in [0.25, 0.3) is 0 Å². The van der Waals surface area contributed by atoms with Crippen molar-refractivity contribution >= 4 is 17.4 Å². The summed E-state index contributed by atoms with van der Waals surface area (Å²) in [5.74, 6) is -0.191. The van der Waals surface area contributed by atoms with Gasteiger partial charge < -0.3 is 15.2 Å². The summed E-state index contributed by atoms with van der Waals surface area (Å²) in [5, 5.41) is 23.4. The number of aromatic nitrogens is 2. The summed E-state index contributed by atoms with van der Waals surface area (Å²) in [5.41, 5.74) is 0.858. The van der Waals surface area contributed by atoms with Crippen LogP contribution in [0.4, 0.5) is 5.82 Å². The lowest BCUT2D eigenvalue weighted by Crippen LogP contribution is -2.00. The number of hydrogen-bond donors (Lipinski definition) is 1. The van der Waals surface area contributed by atoms with E-state index in [4.69, 9.17) is 16.7 Å². The summed E-state index contributed by atoms with van der Waals surface area (Å²) < 4.78 is 1.38. The third-order valence-electron chi connectivity index (χ3n) is 2.15. The number of nitro groups is 1. The number of phenols is 1. The Morgan fingerprint density at radius 2 is 2.06 bits per heavy atom. The van der Waals surface area contributed by atoms with Gasteiger partial charge in [0.1, 0.15) is 5.75 Å². The van der Waals surface area contributed by atoms with Crippen LogP contribution in [-0.2, 0) is 6.54 Å². The lowest BCUT2D eigenvalue weighted by Gasteiger charge is -1.98. The molecule has 0 aliphatic heterocycles. The fraction of sp³-hybridized carbons (Fsp3) is 0.100. The van der Waals surface area contributed by atoms with Crippen molar-refractivity contribution in [2.24, 2.45) is 0 Å². The largest absolute Gasteiger partial charge is 0.508 e. The van der Waals surface area contributed by atoms with E-state index in [1.165, 1.54) is 23.0 Å². The molecule has 1 aromatic carbocycles. The third kappa shape index (κ3) is 2.54. The van der Waals surface area contributed by atoms with Crippen LogP contribution in [0.5, 0.6) is 5.75 Å². The van der Waals surface area contributed by atoms with Gasteiger partial charge >= 0.3 is 5.82 Å². The molecule has 1 heterocycles. The number of nitrogens with zero attached hydrogens (tertiary/aromatic N) is 3. The molecule has 0 spiro atoms. The van der Waals surface area contributed by atoms with E-state index >= 15 is 0 Å². The fourth-order valence-corrected chi connectivity index (χ4v) is 1.60. The Kier molecular flexibility index (Phi) is 2.97. The molecule has 7 heteroatoms. The van der Waals surface area contributed by atoms with E-state index < -0.39 is 4.92 Å². The summed E-state index contributed by atoms with van der Waals surface area (Å²) in [6, 6.07) is 6.48. The number of aromatic hydroxyl groups is 1. The molecular weight excluding hydrogens is 246 g/mol. The molecule has 0 aliphatic rings. The molecule has 6 nitrogen and oxygen atoms in total. The Morgan fingerprint density at radius 1 is 1.41 bits per heavy atom. The molecule has 0 unspecified atom stereocenters. The summed E-state index contributed by atoms with van der Waals surface area (Å²) in [6.45, 7) is 0.355. The maximum atomic E-state index is 10.5. The van der Waals surface area contributed by atoms with Crippen LogP contribution < -0.4 is 0 Å². The van der Waals surface area contributed by atoms with Crippen molar-refractivity contribution in [3.05, 3.63) is 51.2 Å². The van der Waals surface area contributed by atoms with Crippen LogP contribution in [0.2, 0.25) is 5.02 Å². The smallest absolute Gasteiger partial charge is 0.408 e. The second-order valence-corrected chi connectivity index (χ2v) is 3.83. The van der Waals surface area contributed by atoms with Gasteiger partial charge in [0.15, 0.2) is 5.02 Å². The first-order valence-electron chi connectivity index (χ1n) is 4.71. The molecule has 2 aromatic rings. The summed E-state index contributed by atoms with van der Waals surface area (Å²) in [6.07, 6.45) is 1.40. The topological polar surface area (TPSA) is 81.2 Å². The number of hydrogen-bond acceptors (Lipinski definition) is 4. The first kappa shape index (κ1) is 11.4. The molecule has 0 aliphatic carbocycles. The second-order valence-electron chi connectivity index (χ2n) is 3.42. The zero-order valence-electron chi connectivity index (χ0n) is 8.58. The SMILES string of the molecule is O=[N+]([O-])c1nn(Cc2ccc(O)cc2)cc1Cl. The van der Waals surface area contributed by atoms with Gasteiger partial charge in [0.25, 0.3) is 0 Å². The van der Waals surface area contributed by atoms with Gasteiger partial charge in [0.2, 0.25) is 0 Å². The highest BCUT2D eigenvalue weighted by Crippen LogP contribution is 2.22. The number of benzene rings is 1. The van der Waals surface area contributed by atoms with Gasteiger partial charge in [-0.15, -0.1) is 0 Å². The van der Waals surface area contributed by atoms with Gasteiger partial charge in [-0.3, -0.25) is 0 Å². The van der Waals surface area contributed by atoms with E-state index in [0.29, 0.717) is 6.54 Å². The van der Waals surface area contributed by atoms with Crippen molar-refractivity contribution in [3.63, 3.8) is 0 Å². The third-order valence-corrected chi connectivity index (χ3v) is 2.42. The van der Waals surface area contributed by atoms with Crippen molar-refractivity contribution in [1.82, 2.24) is 9.78 Å². The molecule has 0 saturated heterocycles. The highest BCUT2D eigenvalue weighted by atomic mass is 35.5. The molecule has 0 radical (unpaired) electrons. The standard InChI is InChI=1S/C10H8ClN3O3/c11-9-6-13(12-10(9)14(16)17)5-7-1-3-8(15)4-2-7/h1-4,6,15H,5H2. The zero-order chi connectivity index (χ0) is 12.4. The van der Waals surface area contributed by atoms with E-state index in [0.717, 1.165) is 5.56 Å². The molecule has 2 rings (SSSR count). The first-order valence-corrected chi connectivity index (χ1v) is 5.09.